The number of rotatable bonds is 3. The number of carbonyl (C=O) groups excluding carboxylic acids is 1. The highest BCUT2D eigenvalue weighted by molar-refractivity contribution is 5.70. The first-order chi connectivity index (χ1) is 6.05. The van der Waals surface area contributed by atoms with E-state index in [1.807, 2.05) is 6.92 Å². The predicted octanol–water partition coefficient (Wildman–Crippen LogP) is 2.26. The quantitative estimate of drug-likeness (QED) is 0.675. The molecule has 1 rings (SSSR count). The van der Waals surface area contributed by atoms with Crippen molar-refractivity contribution in [3.63, 3.8) is 0 Å². The monoisotopic (exact) mass is 185 g/mol. The Hall–Kier alpha value is -0.730. The Kier molecular flexibility index (Phi) is 2.84. The molecular weight excluding hydrogens is 166 g/mol. The van der Waals surface area contributed by atoms with E-state index in [-0.39, 0.29) is 11.7 Å². The zero-order chi connectivity index (χ0) is 10.1. The second-order valence-corrected chi connectivity index (χ2v) is 3.96. The first-order valence-electron chi connectivity index (χ1n) is 5.03. The van der Waals surface area contributed by atoms with E-state index in [0.717, 1.165) is 19.5 Å². The van der Waals surface area contributed by atoms with Crippen LogP contribution < -0.4 is 0 Å². The molecule has 1 fully saturated rings. The molecule has 1 saturated heterocycles. The van der Waals surface area contributed by atoms with Gasteiger partial charge in [0.15, 0.2) is 0 Å². The fourth-order valence-electron chi connectivity index (χ4n) is 1.79. The Morgan fingerprint density at radius 3 is 2.38 bits per heavy atom. The fourth-order valence-corrected chi connectivity index (χ4v) is 1.79. The van der Waals surface area contributed by atoms with E-state index in [9.17, 15) is 4.79 Å². The van der Waals surface area contributed by atoms with Crippen LogP contribution >= 0.6 is 0 Å². The van der Waals surface area contributed by atoms with Crippen molar-refractivity contribution in [2.45, 2.75) is 39.7 Å². The zero-order valence-electron chi connectivity index (χ0n) is 8.96. The largest absolute Gasteiger partial charge is 0.441 e. The second-order valence-electron chi connectivity index (χ2n) is 3.96. The Morgan fingerprint density at radius 1 is 1.54 bits per heavy atom. The smallest absolute Gasteiger partial charge is 0.410 e. The van der Waals surface area contributed by atoms with Crippen LogP contribution in [-0.2, 0) is 4.74 Å². The number of hydrogen-bond donors (Lipinski definition) is 0. The van der Waals surface area contributed by atoms with Crippen LogP contribution in [0.3, 0.4) is 0 Å². The van der Waals surface area contributed by atoms with Crippen molar-refractivity contribution < 1.29 is 9.53 Å². The predicted molar refractivity (Wildman–Crippen MR) is 51.6 cm³/mol. The van der Waals surface area contributed by atoms with Crippen LogP contribution in [0.5, 0.6) is 0 Å². The maximum atomic E-state index is 11.4. The maximum absolute atomic E-state index is 11.4. The van der Waals surface area contributed by atoms with Crippen LogP contribution in [0.15, 0.2) is 0 Å². The topological polar surface area (TPSA) is 29.5 Å². The summed E-state index contributed by atoms with van der Waals surface area (Å²) in [5.41, 5.74) is -0.243. The van der Waals surface area contributed by atoms with Gasteiger partial charge in [-0.15, -0.1) is 0 Å². The van der Waals surface area contributed by atoms with E-state index in [1.54, 1.807) is 4.90 Å². The second kappa shape index (κ2) is 3.56. The molecule has 0 N–H and O–H groups in total. The maximum Gasteiger partial charge on any atom is 0.410 e. The number of carbonyl (C=O) groups is 1. The highest BCUT2D eigenvalue weighted by Gasteiger charge is 2.45. The normalized spacial score (nSPS) is 28.4. The lowest BCUT2D eigenvalue weighted by Crippen LogP contribution is -2.39. The van der Waals surface area contributed by atoms with E-state index in [0.29, 0.717) is 5.92 Å². The summed E-state index contributed by atoms with van der Waals surface area (Å²) in [6.07, 6.45) is 0.741. The summed E-state index contributed by atoms with van der Waals surface area (Å²) in [6.45, 7) is 9.76. The molecule has 3 heteroatoms. The molecule has 3 nitrogen and oxygen atoms in total. The average molecular weight is 185 g/mol. The molecule has 76 valence electrons. The van der Waals surface area contributed by atoms with E-state index in [1.165, 1.54) is 0 Å². The van der Waals surface area contributed by atoms with E-state index in [4.69, 9.17) is 4.74 Å². The van der Waals surface area contributed by atoms with Gasteiger partial charge in [-0.3, -0.25) is 0 Å². The minimum Gasteiger partial charge on any atom is -0.441 e. The summed E-state index contributed by atoms with van der Waals surface area (Å²) in [5.74, 6) is 0.387. The van der Waals surface area contributed by atoms with Crippen LogP contribution in [0.1, 0.15) is 34.1 Å². The van der Waals surface area contributed by atoms with Gasteiger partial charge in [0.25, 0.3) is 0 Å². The Bertz CT molecular complexity index is 203. The van der Waals surface area contributed by atoms with Gasteiger partial charge < -0.3 is 9.64 Å². The number of nitrogens with zero attached hydrogens (tertiary/aromatic N) is 1. The SMILES string of the molecule is CCN1CC(CC)(C(C)C)OC1=O. The van der Waals surface area contributed by atoms with E-state index in [2.05, 4.69) is 20.8 Å². The van der Waals surface area contributed by atoms with Crippen molar-refractivity contribution in [3.8, 4) is 0 Å². The van der Waals surface area contributed by atoms with Gasteiger partial charge in [0.05, 0.1) is 6.54 Å². The van der Waals surface area contributed by atoms with Crippen molar-refractivity contribution in [1.29, 1.82) is 0 Å². The van der Waals surface area contributed by atoms with Crippen molar-refractivity contribution in [2.24, 2.45) is 5.92 Å². The van der Waals surface area contributed by atoms with Crippen molar-refractivity contribution >= 4 is 6.09 Å². The lowest BCUT2D eigenvalue weighted by Gasteiger charge is -2.29. The Balaban J connectivity index is 2.77. The third-order valence-corrected chi connectivity index (χ3v) is 3.04. The summed E-state index contributed by atoms with van der Waals surface area (Å²) in [7, 11) is 0. The lowest BCUT2D eigenvalue weighted by atomic mass is 9.88. The highest BCUT2D eigenvalue weighted by Crippen LogP contribution is 2.32. The first kappa shape index (κ1) is 10.4. The minimum atomic E-state index is -0.243. The van der Waals surface area contributed by atoms with Gasteiger partial charge in [-0.25, -0.2) is 4.79 Å². The molecular formula is C10H19NO2. The number of ether oxygens (including phenoxy) is 1. The molecule has 1 aliphatic heterocycles. The molecule has 13 heavy (non-hydrogen) atoms. The molecule has 0 aliphatic carbocycles. The van der Waals surface area contributed by atoms with Crippen LogP contribution in [-0.4, -0.2) is 29.7 Å². The Labute approximate surface area is 80.1 Å². The summed E-state index contributed by atoms with van der Waals surface area (Å²) in [5, 5.41) is 0. The van der Waals surface area contributed by atoms with Crippen molar-refractivity contribution in [1.82, 2.24) is 4.90 Å². The highest BCUT2D eigenvalue weighted by atomic mass is 16.6. The lowest BCUT2D eigenvalue weighted by molar-refractivity contribution is 0.0152. The third kappa shape index (κ3) is 1.64. The molecule has 0 bridgehead atoms. The number of hydrogen-bond acceptors (Lipinski definition) is 2. The molecule has 1 amide bonds. The summed E-state index contributed by atoms with van der Waals surface area (Å²) >= 11 is 0. The van der Waals surface area contributed by atoms with Gasteiger partial charge in [0.2, 0.25) is 0 Å². The molecule has 1 aliphatic rings. The molecule has 0 aromatic rings. The molecule has 1 heterocycles. The third-order valence-electron chi connectivity index (χ3n) is 3.04. The summed E-state index contributed by atoms with van der Waals surface area (Å²) < 4.78 is 5.45. The van der Waals surface area contributed by atoms with E-state index < -0.39 is 0 Å². The summed E-state index contributed by atoms with van der Waals surface area (Å²) in [6, 6.07) is 0. The van der Waals surface area contributed by atoms with Gasteiger partial charge in [0.1, 0.15) is 5.60 Å². The molecule has 0 saturated carbocycles. The van der Waals surface area contributed by atoms with Crippen molar-refractivity contribution in [2.75, 3.05) is 13.1 Å². The minimum absolute atomic E-state index is 0.155. The molecule has 1 atom stereocenters. The number of likely N-dealkylation sites (N-methyl/N-ethyl adjacent to an activating group) is 1. The molecule has 0 aromatic heterocycles. The molecule has 0 aromatic carbocycles. The van der Waals surface area contributed by atoms with Gasteiger partial charge in [-0.1, -0.05) is 20.8 Å². The van der Waals surface area contributed by atoms with Gasteiger partial charge in [-0.2, -0.15) is 0 Å². The first-order valence-corrected chi connectivity index (χ1v) is 5.03. The van der Waals surface area contributed by atoms with Gasteiger partial charge in [0, 0.05) is 6.54 Å². The van der Waals surface area contributed by atoms with Gasteiger partial charge in [-0.05, 0) is 19.3 Å². The molecule has 0 radical (unpaired) electrons. The fraction of sp³-hybridized carbons (Fsp3) is 0.900. The van der Waals surface area contributed by atoms with Crippen LogP contribution in [0.4, 0.5) is 4.79 Å². The van der Waals surface area contributed by atoms with Crippen LogP contribution in [0.2, 0.25) is 0 Å². The standard InChI is InChI=1S/C10H19NO2/c1-5-10(8(3)4)7-11(6-2)9(12)13-10/h8H,5-7H2,1-4H3. The molecule has 0 spiro atoms. The zero-order valence-corrected chi connectivity index (χ0v) is 8.96. The average Bonchev–Trinajstić information content (AvgIpc) is 2.43. The van der Waals surface area contributed by atoms with Crippen molar-refractivity contribution in [3.05, 3.63) is 0 Å². The number of amides is 1. The summed E-state index contributed by atoms with van der Waals surface area (Å²) in [4.78, 5) is 13.2. The van der Waals surface area contributed by atoms with Gasteiger partial charge >= 0.3 is 6.09 Å². The van der Waals surface area contributed by atoms with E-state index >= 15 is 0 Å². The molecule has 1 unspecified atom stereocenters. The van der Waals surface area contributed by atoms with Crippen LogP contribution in [0, 0.1) is 5.92 Å². The Morgan fingerprint density at radius 2 is 2.15 bits per heavy atom. The number of cyclic esters (lactones) is 1. The van der Waals surface area contributed by atoms with Crippen LogP contribution in [0.25, 0.3) is 0 Å².